The van der Waals surface area contributed by atoms with Crippen LogP contribution in [-0.2, 0) is 13.0 Å². The number of Topliss-reactive ketones (excluding diaryl/α,β-unsaturated/α-hetero) is 1. The van der Waals surface area contributed by atoms with Gasteiger partial charge in [0.1, 0.15) is 11.5 Å². The number of likely N-dealkylation sites (N-methyl/N-ethyl adjacent to an activating group) is 1. The second-order valence-corrected chi connectivity index (χ2v) is 6.82. The Morgan fingerprint density at radius 2 is 2.00 bits per heavy atom. The van der Waals surface area contributed by atoms with Gasteiger partial charge in [-0.15, -0.1) is 6.58 Å². The number of nitrogens with zero attached hydrogens (tertiary/aromatic N) is 4. The van der Waals surface area contributed by atoms with Gasteiger partial charge in [0, 0.05) is 36.3 Å². The van der Waals surface area contributed by atoms with Crippen molar-refractivity contribution in [3.05, 3.63) is 54.3 Å². The zero-order valence-electron chi connectivity index (χ0n) is 16.3. The van der Waals surface area contributed by atoms with E-state index in [1.54, 1.807) is 6.92 Å². The number of hydrogen-bond donors (Lipinski definition) is 1. The molecule has 0 aliphatic rings. The predicted octanol–water partition coefficient (Wildman–Crippen LogP) is 3.34. The van der Waals surface area contributed by atoms with Gasteiger partial charge in [0.05, 0.1) is 12.1 Å². The van der Waals surface area contributed by atoms with Gasteiger partial charge in [0.15, 0.2) is 5.78 Å². The van der Waals surface area contributed by atoms with E-state index in [2.05, 4.69) is 40.0 Å². The average molecular weight is 363 g/mol. The van der Waals surface area contributed by atoms with E-state index in [0.29, 0.717) is 18.7 Å². The number of carbonyl (C=O) groups is 1. The molecular formula is C21H25N5O. The van der Waals surface area contributed by atoms with Crippen molar-refractivity contribution in [2.45, 2.75) is 39.8 Å². The van der Waals surface area contributed by atoms with E-state index in [1.165, 1.54) is 0 Å². The van der Waals surface area contributed by atoms with Crippen LogP contribution in [0.1, 0.15) is 35.7 Å². The predicted molar refractivity (Wildman–Crippen MR) is 108 cm³/mol. The molecule has 0 saturated heterocycles. The molecule has 0 aliphatic carbocycles. The summed E-state index contributed by atoms with van der Waals surface area (Å²) in [6.45, 7) is 10.1. The molecule has 0 bridgehead atoms. The van der Waals surface area contributed by atoms with Crippen molar-refractivity contribution in [3.63, 3.8) is 0 Å². The van der Waals surface area contributed by atoms with E-state index in [9.17, 15) is 4.79 Å². The molecule has 1 atom stereocenters. The summed E-state index contributed by atoms with van der Waals surface area (Å²) < 4.78 is 1.93. The molecule has 3 rings (SSSR count). The van der Waals surface area contributed by atoms with Crippen LogP contribution in [0.4, 0.5) is 0 Å². The van der Waals surface area contributed by atoms with Crippen molar-refractivity contribution in [3.8, 4) is 11.1 Å². The normalized spacial score (nSPS) is 12.3. The van der Waals surface area contributed by atoms with Crippen LogP contribution in [0.5, 0.6) is 0 Å². The van der Waals surface area contributed by atoms with Gasteiger partial charge < -0.3 is 5.32 Å². The molecule has 140 valence electrons. The molecule has 1 N–H and O–H groups in total. The van der Waals surface area contributed by atoms with Crippen LogP contribution >= 0.6 is 0 Å². The Balaban J connectivity index is 2.27. The standard InChI is InChI=1S/C21H25N5O/c1-6-7-16-8-17(18-10-23-15(4)24-11-18)9-19-20(14(3)27)25-26(21(16)19)12-13(2)22-5/h6,8-11,13,22H,1,7,12H2,2-5H3. The zero-order chi connectivity index (χ0) is 19.6. The van der Waals surface area contributed by atoms with Crippen LogP contribution < -0.4 is 5.32 Å². The summed E-state index contributed by atoms with van der Waals surface area (Å²) in [5.41, 5.74) is 4.45. The summed E-state index contributed by atoms with van der Waals surface area (Å²) in [5, 5.41) is 8.72. The molecule has 0 radical (unpaired) electrons. The molecule has 2 heterocycles. The number of carbonyl (C=O) groups excluding carboxylic acids is 1. The molecule has 3 aromatic rings. The maximum Gasteiger partial charge on any atom is 0.180 e. The van der Waals surface area contributed by atoms with Crippen LogP contribution in [0.3, 0.4) is 0 Å². The van der Waals surface area contributed by atoms with Gasteiger partial charge >= 0.3 is 0 Å². The van der Waals surface area contributed by atoms with E-state index >= 15 is 0 Å². The molecule has 1 unspecified atom stereocenters. The average Bonchev–Trinajstić information content (AvgIpc) is 3.01. The number of fused-ring (bicyclic) bond motifs is 1. The van der Waals surface area contributed by atoms with E-state index in [1.807, 2.05) is 43.2 Å². The fraction of sp³-hybridized carbons (Fsp3) is 0.333. The molecule has 0 aliphatic heterocycles. The van der Waals surface area contributed by atoms with Crippen LogP contribution in [-0.4, -0.2) is 38.6 Å². The molecule has 6 nitrogen and oxygen atoms in total. The molecule has 1 aromatic carbocycles. The quantitative estimate of drug-likeness (QED) is 0.515. The van der Waals surface area contributed by atoms with Crippen molar-refractivity contribution in [2.24, 2.45) is 0 Å². The summed E-state index contributed by atoms with van der Waals surface area (Å²) in [4.78, 5) is 20.8. The zero-order valence-corrected chi connectivity index (χ0v) is 16.3. The molecule has 27 heavy (non-hydrogen) atoms. The maximum atomic E-state index is 12.3. The molecule has 0 fully saturated rings. The number of hydrogen-bond acceptors (Lipinski definition) is 5. The van der Waals surface area contributed by atoms with E-state index < -0.39 is 0 Å². The lowest BCUT2D eigenvalue weighted by atomic mass is 9.98. The molecule has 6 heteroatoms. The maximum absolute atomic E-state index is 12.3. The highest BCUT2D eigenvalue weighted by Gasteiger charge is 2.19. The van der Waals surface area contributed by atoms with Crippen LogP contribution in [0.15, 0.2) is 37.2 Å². The lowest BCUT2D eigenvalue weighted by Crippen LogP contribution is -2.27. The van der Waals surface area contributed by atoms with E-state index in [-0.39, 0.29) is 11.8 Å². The fourth-order valence-corrected chi connectivity index (χ4v) is 3.17. The summed E-state index contributed by atoms with van der Waals surface area (Å²) >= 11 is 0. The van der Waals surface area contributed by atoms with Gasteiger partial charge in [-0.25, -0.2) is 9.97 Å². The summed E-state index contributed by atoms with van der Waals surface area (Å²) in [5.74, 6) is 0.683. The largest absolute Gasteiger partial charge is 0.315 e. The lowest BCUT2D eigenvalue weighted by Gasteiger charge is -2.13. The molecule has 0 spiro atoms. The highest BCUT2D eigenvalue weighted by molar-refractivity contribution is 6.06. The number of nitrogens with one attached hydrogen (secondary N) is 1. The third kappa shape index (κ3) is 3.80. The van der Waals surface area contributed by atoms with E-state index in [4.69, 9.17) is 0 Å². The van der Waals surface area contributed by atoms with Crippen LogP contribution in [0, 0.1) is 6.92 Å². The lowest BCUT2D eigenvalue weighted by molar-refractivity contribution is 0.101. The Kier molecular flexibility index (Phi) is 5.46. The van der Waals surface area contributed by atoms with Gasteiger partial charge in [-0.3, -0.25) is 9.48 Å². The Hall–Kier alpha value is -2.86. The third-order valence-electron chi connectivity index (χ3n) is 4.67. The van der Waals surface area contributed by atoms with Crippen molar-refractivity contribution < 1.29 is 4.79 Å². The first-order valence-electron chi connectivity index (χ1n) is 9.06. The highest BCUT2D eigenvalue weighted by atomic mass is 16.1. The number of allylic oxidation sites excluding steroid dienone is 1. The first-order chi connectivity index (χ1) is 12.9. The summed E-state index contributed by atoms with van der Waals surface area (Å²) in [6, 6.07) is 4.36. The Bertz CT molecular complexity index is 988. The first kappa shape index (κ1) is 18.9. The van der Waals surface area contributed by atoms with Gasteiger partial charge in [-0.1, -0.05) is 6.08 Å². The topological polar surface area (TPSA) is 72.7 Å². The minimum Gasteiger partial charge on any atom is -0.315 e. The van der Waals surface area contributed by atoms with Gasteiger partial charge in [-0.05, 0) is 50.6 Å². The smallest absolute Gasteiger partial charge is 0.180 e. The molecule has 2 aromatic heterocycles. The number of rotatable bonds is 7. The van der Waals surface area contributed by atoms with E-state index in [0.717, 1.165) is 33.4 Å². The van der Waals surface area contributed by atoms with Crippen LogP contribution in [0.2, 0.25) is 0 Å². The van der Waals surface area contributed by atoms with Gasteiger partial charge in [-0.2, -0.15) is 5.10 Å². The second-order valence-electron chi connectivity index (χ2n) is 6.82. The third-order valence-corrected chi connectivity index (χ3v) is 4.67. The Labute approximate surface area is 159 Å². The second kappa shape index (κ2) is 7.80. The minimum absolute atomic E-state index is 0.0438. The van der Waals surface area contributed by atoms with Gasteiger partial charge in [0.2, 0.25) is 0 Å². The van der Waals surface area contributed by atoms with Crippen molar-refractivity contribution in [1.29, 1.82) is 0 Å². The van der Waals surface area contributed by atoms with Gasteiger partial charge in [0.25, 0.3) is 0 Å². The fourth-order valence-electron chi connectivity index (χ4n) is 3.17. The number of aromatic nitrogens is 4. The summed E-state index contributed by atoms with van der Waals surface area (Å²) in [7, 11) is 1.92. The molecule has 0 saturated carbocycles. The first-order valence-corrected chi connectivity index (χ1v) is 9.06. The summed E-state index contributed by atoms with van der Waals surface area (Å²) in [6.07, 6.45) is 6.18. The Morgan fingerprint density at radius 1 is 1.30 bits per heavy atom. The van der Waals surface area contributed by atoms with Crippen molar-refractivity contribution in [2.75, 3.05) is 7.05 Å². The van der Waals surface area contributed by atoms with Crippen molar-refractivity contribution in [1.82, 2.24) is 25.1 Å². The van der Waals surface area contributed by atoms with Crippen molar-refractivity contribution >= 4 is 16.7 Å². The molecule has 0 amide bonds. The number of ketones is 1. The van der Waals surface area contributed by atoms with Crippen LogP contribution in [0.25, 0.3) is 22.0 Å². The molecular weight excluding hydrogens is 338 g/mol. The number of benzene rings is 1. The number of aryl methyl sites for hydroxylation is 1. The SMILES string of the molecule is C=CCc1cc(-c2cnc(C)nc2)cc2c(C(C)=O)nn(CC(C)NC)c12. The minimum atomic E-state index is -0.0438. The highest BCUT2D eigenvalue weighted by Crippen LogP contribution is 2.30. The monoisotopic (exact) mass is 363 g/mol. The Morgan fingerprint density at radius 3 is 2.59 bits per heavy atom.